The number of hydrogen-bond donors (Lipinski definition) is 0. The SMILES string of the molecule is CO[Si](OC)(N(C(C)C)C(C)C)C(C)(C)C. The van der Waals surface area contributed by atoms with Gasteiger partial charge in [0.25, 0.3) is 0 Å². The Hall–Kier alpha value is 0.0969. The summed E-state index contributed by atoms with van der Waals surface area (Å²) in [6.45, 7) is 15.4. The fourth-order valence-corrected chi connectivity index (χ4v) is 6.52. The first-order valence-electron chi connectivity index (χ1n) is 6.02. The topological polar surface area (TPSA) is 21.7 Å². The lowest BCUT2D eigenvalue weighted by atomic mass is 10.2. The number of hydrogen-bond acceptors (Lipinski definition) is 3. The molecule has 98 valence electrons. The Morgan fingerprint density at radius 3 is 1.25 bits per heavy atom. The van der Waals surface area contributed by atoms with Gasteiger partial charge < -0.3 is 8.85 Å². The van der Waals surface area contributed by atoms with E-state index in [2.05, 4.69) is 53.0 Å². The minimum atomic E-state index is -2.37. The Morgan fingerprint density at radius 1 is 0.875 bits per heavy atom. The van der Waals surface area contributed by atoms with Gasteiger partial charge in [-0.05, 0) is 0 Å². The van der Waals surface area contributed by atoms with Gasteiger partial charge in [-0.25, -0.2) is 0 Å². The molecule has 0 amide bonds. The normalized spacial score (nSPS) is 14.2. The molecule has 0 aliphatic carbocycles. The number of nitrogens with zero attached hydrogens (tertiary/aromatic N) is 1. The van der Waals surface area contributed by atoms with Crippen molar-refractivity contribution in [1.29, 1.82) is 0 Å². The zero-order valence-electron chi connectivity index (χ0n) is 12.4. The average molecular weight is 247 g/mol. The lowest BCUT2D eigenvalue weighted by Gasteiger charge is -2.49. The molecule has 0 aromatic rings. The summed E-state index contributed by atoms with van der Waals surface area (Å²) >= 11 is 0. The molecule has 0 rings (SSSR count). The summed E-state index contributed by atoms with van der Waals surface area (Å²) in [6, 6.07) is 0.844. The molecule has 0 bridgehead atoms. The summed E-state index contributed by atoms with van der Waals surface area (Å²) in [5.41, 5.74) is 0. The van der Waals surface area contributed by atoms with Crippen molar-refractivity contribution in [2.24, 2.45) is 0 Å². The fraction of sp³-hybridized carbons (Fsp3) is 1.00. The van der Waals surface area contributed by atoms with E-state index in [0.29, 0.717) is 12.1 Å². The molecule has 0 aliphatic rings. The van der Waals surface area contributed by atoms with E-state index in [4.69, 9.17) is 8.85 Å². The molecular weight excluding hydrogens is 218 g/mol. The van der Waals surface area contributed by atoms with Crippen LogP contribution in [0.4, 0.5) is 0 Å². The zero-order valence-corrected chi connectivity index (χ0v) is 13.4. The standard InChI is InChI=1S/C12H29NO2Si/c1-10(2)13(11(3)4)16(14-8,15-9)12(5,6)7/h10-11H,1-9H3. The second kappa shape index (κ2) is 5.62. The Balaban J connectivity index is 5.46. The van der Waals surface area contributed by atoms with Crippen LogP contribution in [-0.2, 0) is 8.85 Å². The van der Waals surface area contributed by atoms with Crippen molar-refractivity contribution >= 4 is 8.72 Å². The molecule has 0 unspecified atom stereocenters. The highest BCUT2D eigenvalue weighted by atomic mass is 28.4. The van der Waals surface area contributed by atoms with E-state index in [9.17, 15) is 0 Å². The minimum Gasteiger partial charge on any atom is -0.386 e. The maximum atomic E-state index is 5.88. The third-order valence-corrected chi connectivity index (χ3v) is 7.67. The van der Waals surface area contributed by atoms with Crippen molar-refractivity contribution in [3.05, 3.63) is 0 Å². The molecule has 0 radical (unpaired) electrons. The van der Waals surface area contributed by atoms with Crippen LogP contribution in [0.15, 0.2) is 0 Å². The molecule has 0 heterocycles. The zero-order chi connectivity index (χ0) is 13.1. The summed E-state index contributed by atoms with van der Waals surface area (Å²) in [7, 11) is 1.19. The first kappa shape index (κ1) is 16.1. The van der Waals surface area contributed by atoms with E-state index < -0.39 is 8.72 Å². The molecule has 0 atom stereocenters. The van der Waals surface area contributed by atoms with Crippen molar-refractivity contribution in [1.82, 2.24) is 4.57 Å². The maximum Gasteiger partial charge on any atom is 0.433 e. The first-order chi connectivity index (χ1) is 7.14. The highest BCUT2D eigenvalue weighted by Crippen LogP contribution is 2.41. The van der Waals surface area contributed by atoms with Gasteiger partial charge in [0, 0.05) is 31.3 Å². The van der Waals surface area contributed by atoms with Gasteiger partial charge in [0.15, 0.2) is 0 Å². The lowest BCUT2D eigenvalue weighted by Crippen LogP contribution is -2.67. The van der Waals surface area contributed by atoms with Crippen LogP contribution >= 0.6 is 0 Å². The van der Waals surface area contributed by atoms with Crippen molar-refractivity contribution in [3.8, 4) is 0 Å². The molecule has 16 heavy (non-hydrogen) atoms. The molecule has 0 aromatic carbocycles. The largest absolute Gasteiger partial charge is 0.433 e. The van der Waals surface area contributed by atoms with Crippen LogP contribution in [-0.4, -0.2) is 39.6 Å². The van der Waals surface area contributed by atoms with Gasteiger partial charge >= 0.3 is 8.72 Å². The van der Waals surface area contributed by atoms with E-state index in [1.54, 1.807) is 14.2 Å². The maximum absolute atomic E-state index is 5.88. The van der Waals surface area contributed by atoms with E-state index in [-0.39, 0.29) is 5.04 Å². The summed E-state index contributed by atoms with van der Waals surface area (Å²) in [5.74, 6) is 0. The number of rotatable bonds is 5. The van der Waals surface area contributed by atoms with Crippen molar-refractivity contribution in [2.75, 3.05) is 14.2 Å². The highest BCUT2D eigenvalue weighted by molar-refractivity contribution is 6.67. The fourth-order valence-electron chi connectivity index (χ4n) is 2.57. The molecule has 0 N–H and O–H groups in total. The van der Waals surface area contributed by atoms with Crippen LogP contribution in [0.25, 0.3) is 0 Å². The predicted molar refractivity (Wildman–Crippen MR) is 71.6 cm³/mol. The van der Waals surface area contributed by atoms with Gasteiger partial charge in [-0.1, -0.05) is 48.5 Å². The third kappa shape index (κ3) is 2.86. The molecule has 0 aliphatic heterocycles. The van der Waals surface area contributed by atoms with Gasteiger partial charge in [0.05, 0.1) is 0 Å². The Kier molecular flexibility index (Phi) is 5.66. The Bertz CT molecular complexity index is 200. The van der Waals surface area contributed by atoms with Crippen LogP contribution in [0.2, 0.25) is 5.04 Å². The first-order valence-corrected chi connectivity index (χ1v) is 7.79. The minimum absolute atomic E-state index is 0.0189. The van der Waals surface area contributed by atoms with E-state index in [0.717, 1.165) is 0 Å². The van der Waals surface area contributed by atoms with E-state index >= 15 is 0 Å². The van der Waals surface area contributed by atoms with Gasteiger partial charge in [-0.3, -0.25) is 4.57 Å². The average Bonchev–Trinajstić information content (AvgIpc) is 2.10. The molecule has 4 heteroatoms. The lowest BCUT2D eigenvalue weighted by molar-refractivity contribution is 0.103. The Morgan fingerprint density at radius 2 is 1.19 bits per heavy atom. The molecule has 3 nitrogen and oxygen atoms in total. The third-order valence-electron chi connectivity index (χ3n) is 2.95. The quantitative estimate of drug-likeness (QED) is 0.697. The summed E-state index contributed by atoms with van der Waals surface area (Å²) in [5, 5.41) is 0.0189. The van der Waals surface area contributed by atoms with Crippen LogP contribution in [0.3, 0.4) is 0 Å². The van der Waals surface area contributed by atoms with Crippen LogP contribution in [0.1, 0.15) is 48.5 Å². The molecule has 0 spiro atoms. The van der Waals surface area contributed by atoms with Crippen molar-refractivity contribution < 1.29 is 8.85 Å². The highest BCUT2D eigenvalue weighted by Gasteiger charge is 2.55. The van der Waals surface area contributed by atoms with Crippen LogP contribution in [0, 0.1) is 0 Å². The summed E-state index contributed by atoms with van der Waals surface area (Å²) in [4.78, 5) is 0. The second-order valence-electron chi connectivity index (χ2n) is 5.83. The van der Waals surface area contributed by atoms with Crippen molar-refractivity contribution in [2.45, 2.75) is 65.6 Å². The van der Waals surface area contributed by atoms with E-state index in [1.165, 1.54) is 0 Å². The summed E-state index contributed by atoms with van der Waals surface area (Å²) < 4.78 is 14.2. The van der Waals surface area contributed by atoms with E-state index in [1.807, 2.05) is 0 Å². The molecule has 0 saturated heterocycles. The van der Waals surface area contributed by atoms with Gasteiger partial charge in [-0.15, -0.1) is 0 Å². The molecular formula is C12H29NO2Si. The van der Waals surface area contributed by atoms with Gasteiger partial charge in [-0.2, -0.15) is 0 Å². The molecule has 0 aromatic heterocycles. The van der Waals surface area contributed by atoms with Gasteiger partial charge in [0.2, 0.25) is 0 Å². The smallest absolute Gasteiger partial charge is 0.386 e. The van der Waals surface area contributed by atoms with Gasteiger partial charge in [0.1, 0.15) is 0 Å². The Labute approximate surface area is 102 Å². The van der Waals surface area contributed by atoms with Crippen LogP contribution < -0.4 is 0 Å². The summed E-state index contributed by atoms with van der Waals surface area (Å²) in [6.07, 6.45) is 0. The monoisotopic (exact) mass is 247 g/mol. The van der Waals surface area contributed by atoms with Crippen LogP contribution in [0.5, 0.6) is 0 Å². The predicted octanol–water partition coefficient (Wildman–Crippen LogP) is 3.14. The van der Waals surface area contributed by atoms with Crippen molar-refractivity contribution in [3.63, 3.8) is 0 Å². The molecule has 0 fully saturated rings. The molecule has 0 saturated carbocycles. The second-order valence-corrected chi connectivity index (χ2v) is 9.83.